The van der Waals surface area contributed by atoms with E-state index in [4.69, 9.17) is 4.74 Å². The topological polar surface area (TPSA) is 68.3 Å². The maximum Gasteiger partial charge on any atom is 0.235 e. The van der Waals surface area contributed by atoms with E-state index in [1.54, 1.807) is 31.2 Å². The van der Waals surface area contributed by atoms with Gasteiger partial charge in [-0.25, -0.2) is 13.4 Å². The van der Waals surface area contributed by atoms with Crippen molar-refractivity contribution in [2.45, 2.75) is 38.5 Å². The van der Waals surface area contributed by atoms with Crippen molar-refractivity contribution >= 4 is 26.6 Å². The third kappa shape index (κ3) is 4.98. The third-order valence-electron chi connectivity index (χ3n) is 4.38. The van der Waals surface area contributed by atoms with Gasteiger partial charge in [0.1, 0.15) is 12.4 Å². The number of nitrogens with zero attached hydrogens (tertiary/aromatic N) is 1. The van der Waals surface area contributed by atoms with E-state index in [0.29, 0.717) is 24.5 Å². The molecule has 1 aromatic heterocycles. The predicted molar refractivity (Wildman–Crippen MR) is 109 cm³/mol. The lowest BCUT2D eigenvalue weighted by Crippen LogP contribution is -2.25. The van der Waals surface area contributed by atoms with E-state index in [2.05, 4.69) is 9.71 Å². The molecule has 0 saturated heterocycles. The molecule has 27 heavy (non-hydrogen) atoms. The lowest BCUT2D eigenvalue weighted by atomic mass is 10.2. The maximum atomic E-state index is 12.2. The van der Waals surface area contributed by atoms with Crippen LogP contribution in [0.25, 0.3) is 10.9 Å². The van der Waals surface area contributed by atoms with Crippen molar-refractivity contribution in [3.8, 4) is 5.75 Å². The minimum absolute atomic E-state index is 0.351. The van der Waals surface area contributed by atoms with Crippen LogP contribution in [0.15, 0.2) is 60.7 Å². The van der Waals surface area contributed by atoms with Gasteiger partial charge in [0.05, 0.1) is 16.5 Å². The number of rotatable bonds is 8. The molecule has 0 aliphatic rings. The summed E-state index contributed by atoms with van der Waals surface area (Å²) in [5.41, 5.74) is 2.31. The van der Waals surface area contributed by atoms with Crippen molar-refractivity contribution in [2.75, 3.05) is 4.72 Å². The summed E-state index contributed by atoms with van der Waals surface area (Å²) in [5.74, 6) is 0.662. The van der Waals surface area contributed by atoms with Gasteiger partial charge in [-0.05, 0) is 49.7 Å². The molecule has 0 aliphatic heterocycles. The van der Waals surface area contributed by atoms with Crippen molar-refractivity contribution in [3.05, 3.63) is 66.4 Å². The van der Waals surface area contributed by atoms with Crippen molar-refractivity contribution < 1.29 is 13.2 Å². The molecule has 2 aromatic carbocycles. The summed E-state index contributed by atoms with van der Waals surface area (Å²) in [7, 11) is -3.37. The van der Waals surface area contributed by atoms with Gasteiger partial charge in [-0.1, -0.05) is 37.6 Å². The molecule has 6 heteroatoms. The molecule has 0 bridgehead atoms. The summed E-state index contributed by atoms with van der Waals surface area (Å²) in [6.45, 7) is 4.05. The van der Waals surface area contributed by atoms with Gasteiger partial charge in [-0.3, -0.25) is 4.72 Å². The number of hydrogen-bond donors (Lipinski definition) is 1. The predicted octanol–water partition coefficient (Wildman–Crippen LogP) is 4.74. The highest BCUT2D eigenvalue weighted by Crippen LogP contribution is 2.20. The monoisotopic (exact) mass is 384 g/mol. The van der Waals surface area contributed by atoms with Crippen LogP contribution in [0.2, 0.25) is 0 Å². The van der Waals surface area contributed by atoms with Crippen LogP contribution in [-0.4, -0.2) is 18.7 Å². The van der Waals surface area contributed by atoms with Gasteiger partial charge in [0.25, 0.3) is 0 Å². The highest BCUT2D eigenvalue weighted by atomic mass is 32.2. The summed E-state index contributed by atoms with van der Waals surface area (Å²) in [6.07, 6.45) is 1.47. The van der Waals surface area contributed by atoms with E-state index in [-0.39, 0.29) is 0 Å². The number of para-hydroxylation sites is 1. The van der Waals surface area contributed by atoms with Crippen LogP contribution in [-0.2, 0) is 16.6 Å². The molecule has 5 nitrogen and oxygen atoms in total. The normalized spacial score (nSPS) is 12.7. The van der Waals surface area contributed by atoms with Crippen molar-refractivity contribution in [1.29, 1.82) is 0 Å². The molecule has 1 unspecified atom stereocenters. The van der Waals surface area contributed by atoms with E-state index >= 15 is 0 Å². The highest BCUT2D eigenvalue weighted by Gasteiger charge is 2.19. The largest absolute Gasteiger partial charge is 0.487 e. The van der Waals surface area contributed by atoms with Crippen molar-refractivity contribution in [2.24, 2.45) is 0 Å². The minimum atomic E-state index is -3.37. The summed E-state index contributed by atoms with van der Waals surface area (Å²) in [4.78, 5) is 4.58. The lowest BCUT2D eigenvalue weighted by Gasteiger charge is -2.14. The molecule has 1 atom stereocenters. The molecule has 0 spiro atoms. The number of hydrogen-bond acceptors (Lipinski definition) is 4. The average molecular weight is 385 g/mol. The fourth-order valence-corrected chi connectivity index (χ4v) is 4.00. The number of pyridine rings is 1. The molecule has 0 saturated carbocycles. The minimum Gasteiger partial charge on any atom is -0.487 e. The quantitative estimate of drug-likeness (QED) is 0.609. The second-order valence-corrected chi connectivity index (χ2v) is 8.65. The number of anilines is 1. The fourth-order valence-electron chi connectivity index (χ4n) is 2.79. The Kier molecular flexibility index (Phi) is 5.96. The molecule has 1 heterocycles. The fraction of sp³-hybridized carbons (Fsp3) is 0.286. The van der Waals surface area contributed by atoms with E-state index in [0.717, 1.165) is 23.0 Å². The molecule has 1 N–H and O–H groups in total. The molecule has 0 aliphatic carbocycles. The van der Waals surface area contributed by atoms with Crippen molar-refractivity contribution in [3.63, 3.8) is 0 Å². The van der Waals surface area contributed by atoms with Gasteiger partial charge in [-0.15, -0.1) is 0 Å². The summed E-state index contributed by atoms with van der Waals surface area (Å²) < 4.78 is 32.9. The first-order valence-electron chi connectivity index (χ1n) is 9.07. The van der Waals surface area contributed by atoms with Gasteiger partial charge >= 0.3 is 0 Å². The Bertz CT molecular complexity index is 1000. The third-order valence-corrected chi connectivity index (χ3v) is 6.20. The van der Waals surface area contributed by atoms with Crippen LogP contribution >= 0.6 is 0 Å². The molecule has 0 amide bonds. The number of benzene rings is 2. The number of fused-ring (bicyclic) bond motifs is 1. The molecule has 0 radical (unpaired) electrons. The van der Waals surface area contributed by atoms with Gasteiger partial charge in [-0.2, -0.15) is 0 Å². The zero-order valence-electron chi connectivity index (χ0n) is 15.6. The summed E-state index contributed by atoms with van der Waals surface area (Å²) in [6, 6.07) is 18.8. The number of aromatic nitrogens is 1. The number of ether oxygens (including phenoxy) is 1. The van der Waals surface area contributed by atoms with Gasteiger partial charge in [0, 0.05) is 11.1 Å². The van der Waals surface area contributed by atoms with Crippen LogP contribution < -0.4 is 9.46 Å². The van der Waals surface area contributed by atoms with Gasteiger partial charge < -0.3 is 4.74 Å². The maximum absolute atomic E-state index is 12.2. The van der Waals surface area contributed by atoms with E-state index in [1.165, 1.54) is 0 Å². The zero-order valence-corrected chi connectivity index (χ0v) is 16.4. The number of nitrogens with one attached hydrogen (secondary N) is 1. The Hall–Kier alpha value is -2.60. The van der Waals surface area contributed by atoms with Crippen molar-refractivity contribution in [1.82, 2.24) is 4.98 Å². The van der Waals surface area contributed by atoms with Crippen LogP contribution in [0.5, 0.6) is 5.75 Å². The molecule has 0 fully saturated rings. The average Bonchev–Trinajstić information content (AvgIpc) is 2.67. The Labute approximate surface area is 160 Å². The molecule has 3 aromatic rings. The molecule has 142 valence electrons. The first-order chi connectivity index (χ1) is 13.0. The molecular weight excluding hydrogens is 360 g/mol. The Morgan fingerprint density at radius 3 is 2.52 bits per heavy atom. The molecule has 3 rings (SSSR count). The van der Waals surface area contributed by atoms with E-state index in [1.807, 2.05) is 43.3 Å². The van der Waals surface area contributed by atoms with Gasteiger partial charge in [0.15, 0.2) is 0 Å². The summed E-state index contributed by atoms with van der Waals surface area (Å²) >= 11 is 0. The second-order valence-electron chi connectivity index (χ2n) is 6.55. The van der Waals surface area contributed by atoms with Crippen LogP contribution in [0.4, 0.5) is 5.69 Å². The smallest absolute Gasteiger partial charge is 0.235 e. The zero-order chi connectivity index (χ0) is 19.3. The van der Waals surface area contributed by atoms with Gasteiger partial charge in [0.2, 0.25) is 10.0 Å². The number of sulfonamides is 1. The van der Waals surface area contributed by atoms with E-state index < -0.39 is 15.3 Å². The Morgan fingerprint density at radius 2 is 1.78 bits per heavy atom. The van der Waals surface area contributed by atoms with E-state index in [9.17, 15) is 8.42 Å². The Balaban J connectivity index is 1.61. The summed E-state index contributed by atoms with van der Waals surface area (Å²) in [5, 5.41) is 0.674. The van der Waals surface area contributed by atoms with Crippen LogP contribution in [0, 0.1) is 0 Å². The molecular formula is C21H24N2O3S. The second kappa shape index (κ2) is 8.39. The van der Waals surface area contributed by atoms with Crippen LogP contribution in [0.1, 0.15) is 32.4 Å². The SMILES string of the molecule is CCCC(C)S(=O)(=O)Nc1ccc(OCc2ccc3ccccc3n2)cc1. The first kappa shape index (κ1) is 19.2. The standard InChI is InChI=1S/C21H24N2O3S/c1-3-6-16(2)27(24,25)23-18-11-13-20(14-12-18)26-15-19-10-9-17-7-4-5-8-21(17)22-19/h4-5,7-14,16,23H,3,6,15H2,1-2H3. The van der Waals surface area contributed by atoms with Crippen LogP contribution in [0.3, 0.4) is 0 Å². The first-order valence-corrected chi connectivity index (χ1v) is 10.6. The lowest BCUT2D eigenvalue weighted by molar-refractivity contribution is 0.302. The highest BCUT2D eigenvalue weighted by molar-refractivity contribution is 7.93. The Morgan fingerprint density at radius 1 is 1.04 bits per heavy atom.